The quantitative estimate of drug-likeness (QED) is 0.398. The summed E-state index contributed by atoms with van der Waals surface area (Å²) in [5.74, 6) is 0.309. The highest BCUT2D eigenvalue weighted by atomic mass is 35.5. The molecule has 0 saturated heterocycles. The number of benzene rings is 1. The second kappa shape index (κ2) is 8.19. The number of halogens is 4. The predicted molar refractivity (Wildman–Crippen MR) is 99.0 cm³/mol. The molecule has 3 aromatic rings. The molecule has 2 aromatic heterocycles. The Morgan fingerprint density at radius 3 is 2.71 bits per heavy atom. The molecule has 0 atom stereocenters. The Labute approximate surface area is 167 Å². The SMILES string of the molecule is Cc1ccccc1Oc1c(/C=N/OCc2cnc(Cl)s2)c(C(F)(F)F)nn1C. The first-order valence-corrected chi connectivity index (χ1v) is 9.08. The minimum atomic E-state index is -4.68. The summed E-state index contributed by atoms with van der Waals surface area (Å²) in [7, 11) is 1.36. The third-order valence-corrected chi connectivity index (χ3v) is 4.68. The molecule has 1 aromatic carbocycles. The molecule has 11 heteroatoms. The van der Waals surface area contributed by atoms with Crippen LogP contribution in [0.5, 0.6) is 11.6 Å². The minimum Gasteiger partial charge on any atom is -0.438 e. The normalized spacial score (nSPS) is 11.9. The van der Waals surface area contributed by atoms with E-state index in [0.717, 1.165) is 16.5 Å². The van der Waals surface area contributed by atoms with Crippen LogP contribution in [0.3, 0.4) is 0 Å². The minimum absolute atomic E-state index is 0.0243. The summed E-state index contributed by atoms with van der Waals surface area (Å²) >= 11 is 6.90. The van der Waals surface area contributed by atoms with E-state index in [1.54, 1.807) is 31.2 Å². The first-order valence-electron chi connectivity index (χ1n) is 7.89. The van der Waals surface area contributed by atoms with Crippen LogP contribution in [0.25, 0.3) is 0 Å². The zero-order valence-corrected chi connectivity index (χ0v) is 16.3. The van der Waals surface area contributed by atoms with Gasteiger partial charge in [0.2, 0.25) is 5.88 Å². The van der Waals surface area contributed by atoms with Gasteiger partial charge < -0.3 is 9.57 Å². The van der Waals surface area contributed by atoms with Crippen LogP contribution in [-0.2, 0) is 24.7 Å². The summed E-state index contributed by atoms with van der Waals surface area (Å²) in [6.45, 7) is 1.81. The van der Waals surface area contributed by atoms with Crippen LogP contribution in [0.15, 0.2) is 35.6 Å². The molecule has 0 aliphatic carbocycles. The average molecular weight is 431 g/mol. The fourth-order valence-corrected chi connectivity index (χ4v) is 3.17. The van der Waals surface area contributed by atoms with E-state index in [-0.39, 0.29) is 18.1 Å². The molecule has 0 aliphatic rings. The number of nitrogens with zero attached hydrogens (tertiary/aromatic N) is 4. The Balaban J connectivity index is 1.88. The molecule has 0 unspecified atom stereocenters. The van der Waals surface area contributed by atoms with Crippen molar-refractivity contribution in [2.75, 3.05) is 0 Å². The van der Waals surface area contributed by atoms with Crippen LogP contribution >= 0.6 is 22.9 Å². The van der Waals surface area contributed by atoms with Crippen molar-refractivity contribution in [2.24, 2.45) is 12.2 Å². The Morgan fingerprint density at radius 1 is 1.32 bits per heavy atom. The van der Waals surface area contributed by atoms with Crippen molar-refractivity contribution >= 4 is 29.2 Å². The van der Waals surface area contributed by atoms with Gasteiger partial charge in [0.15, 0.2) is 16.8 Å². The maximum atomic E-state index is 13.4. The van der Waals surface area contributed by atoms with E-state index >= 15 is 0 Å². The molecule has 0 spiro atoms. The Morgan fingerprint density at radius 2 is 2.07 bits per heavy atom. The van der Waals surface area contributed by atoms with Gasteiger partial charge in [-0.1, -0.05) is 35.0 Å². The molecule has 3 rings (SSSR count). The van der Waals surface area contributed by atoms with Gasteiger partial charge in [0.05, 0.1) is 16.7 Å². The zero-order chi connectivity index (χ0) is 20.3. The molecule has 0 radical (unpaired) electrons. The number of hydrogen-bond acceptors (Lipinski definition) is 6. The molecular weight excluding hydrogens is 417 g/mol. The van der Waals surface area contributed by atoms with Crippen LogP contribution in [0.2, 0.25) is 4.47 Å². The van der Waals surface area contributed by atoms with Crippen molar-refractivity contribution in [3.63, 3.8) is 0 Å². The van der Waals surface area contributed by atoms with E-state index in [2.05, 4.69) is 15.2 Å². The van der Waals surface area contributed by atoms with E-state index in [4.69, 9.17) is 21.2 Å². The number of oxime groups is 1. The van der Waals surface area contributed by atoms with E-state index < -0.39 is 11.9 Å². The van der Waals surface area contributed by atoms with Gasteiger partial charge in [0.1, 0.15) is 5.75 Å². The molecular formula is C17H14ClF3N4O2S. The van der Waals surface area contributed by atoms with Gasteiger partial charge in [0, 0.05) is 13.2 Å². The lowest BCUT2D eigenvalue weighted by molar-refractivity contribution is -0.141. The number of aryl methyl sites for hydroxylation is 2. The van der Waals surface area contributed by atoms with Crippen molar-refractivity contribution in [1.82, 2.24) is 14.8 Å². The topological polar surface area (TPSA) is 61.5 Å². The summed E-state index contributed by atoms with van der Waals surface area (Å²) in [6, 6.07) is 6.96. The van der Waals surface area contributed by atoms with E-state index in [0.29, 0.717) is 15.1 Å². The monoisotopic (exact) mass is 430 g/mol. The average Bonchev–Trinajstić information content (AvgIpc) is 3.17. The number of aromatic nitrogens is 3. The lowest BCUT2D eigenvalue weighted by Crippen LogP contribution is -2.09. The molecule has 0 fully saturated rings. The van der Waals surface area contributed by atoms with Crippen LogP contribution in [0.1, 0.15) is 21.7 Å². The summed E-state index contributed by atoms with van der Waals surface area (Å²) in [5.41, 5.74) is -0.689. The highest BCUT2D eigenvalue weighted by molar-refractivity contribution is 7.15. The number of hydrogen-bond donors (Lipinski definition) is 0. The highest BCUT2D eigenvalue weighted by Gasteiger charge is 2.39. The summed E-state index contributed by atoms with van der Waals surface area (Å²) in [4.78, 5) is 9.59. The van der Waals surface area contributed by atoms with Gasteiger partial charge in [-0.15, -0.1) is 11.3 Å². The van der Waals surface area contributed by atoms with Crippen molar-refractivity contribution in [3.05, 3.63) is 56.6 Å². The first kappa shape index (κ1) is 20.2. The second-order valence-corrected chi connectivity index (χ2v) is 7.34. The maximum absolute atomic E-state index is 13.4. The predicted octanol–water partition coefficient (Wildman–Crippen LogP) is 5.20. The van der Waals surface area contributed by atoms with Gasteiger partial charge in [0.25, 0.3) is 0 Å². The molecule has 148 valence electrons. The summed E-state index contributed by atoms with van der Waals surface area (Å²) in [6.07, 6.45) is -2.25. The Kier molecular flexibility index (Phi) is 5.90. The second-order valence-electron chi connectivity index (χ2n) is 5.64. The molecule has 0 amide bonds. The van der Waals surface area contributed by atoms with Gasteiger partial charge in [-0.05, 0) is 18.6 Å². The van der Waals surface area contributed by atoms with E-state index in [9.17, 15) is 13.2 Å². The van der Waals surface area contributed by atoms with Crippen molar-refractivity contribution in [2.45, 2.75) is 19.7 Å². The molecule has 0 saturated carbocycles. The van der Waals surface area contributed by atoms with Crippen LogP contribution < -0.4 is 4.74 Å². The zero-order valence-electron chi connectivity index (χ0n) is 14.7. The molecule has 28 heavy (non-hydrogen) atoms. The van der Waals surface area contributed by atoms with Crippen molar-refractivity contribution in [3.8, 4) is 11.6 Å². The van der Waals surface area contributed by atoms with E-state index in [1.807, 2.05) is 0 Å². The van der Waals surface area contributed by atoms with Crippen LogP contribution in [0.4, 0.5) is 13.2 Å². The van der Waals surface area contributed by atoms with Crippen molar-refractivity contribution in [1.29, 1.82) is 0 Å². The van der Waals surface area contributed by atoms with Crippen molar-refractivity contribution < 1.29 is 22.7 Å². The van der Waals surface area contributed by atoms with Gasteiger partial charge in [-0.25, -0.2) is 9.67 Å². The number of ether oxygens (including phenoxy) is 1. The fourth-order valence-electron chi connectivity index (χ4n) is 2.29. The molecule has 0 bridgehead atoms. The Bertz CT molecular complexity index is 1000. The lowest BCUT2D eigenvalue weighted by atomic mass is 10.2. The lowest BCUT2D eigenvalue weighted by Gasteiger charge is -2.09. The summed E-state index contributed by atoms with van der Waals surface area (Å²) in [5, 5.41) is 7.18. The molecule has 0 aliphatic heterocycles. The largest absolute Gasteiger partial charge is 0.438 e. The standard InChI is InChI=1S/C17H14ClF3N4O2S/c1-10-5-3-4-6-13(10)27-15-12(14(17(19,20)21)24-25(15)2)8-23-26-9-11-7-22-16(18)28-11/h3-8H,9H2,1-2H3/b23-8+. The number of alkyl halides is 3. The van der Waals surface area contributed by atoms with Gasteiger partial charge in [-0.3, -0.25) is 0 Å². The highest BCUT2D eigenvalue weighted by Crippen LogP contribution is 2.36. The van der Waals surface area contributed by atoms with Gasteiger partial charge in [-0.2, -0.15) is 18.3 Å². The maximum Gasteiger partial charge on any atom is 0.435 e. The van der Waals surface area contributed by atoms with Crippen LogP contribution in [0, 0.1) is 6.92 Å². The van der Waals surface area contributed by atoms with E-state index in [1.165, 1.54) is 24.6 Å². The Hall–Kier alpha value is -2.59. The smallest absolute Gasteiger partial charge is 0.435 e. The molecule has 2 heterocycles. The number of thiazole rings is 1. The van der Waals surface area contributed by atoms with Crippen LogP contribution in [-0.4, -0.2) is 21.0 Å². The molecule has 0 N–H and O–H groups in total. The fraction of sp³-hybridized carbons (Fsp3) is 0.235. The third-order valence-electron chi connectivity index (χ3n) is 3.59. The summed E-state index contributed by atoms with van der Waals surface area (Å²) < 4.78 is 47.2. The number of para-hydroxylation sites is 1. The molecule has 6 nitrogen and oxygen atoms in total. The first-order chi connectivity index (χ1) is 13.3. The third kappa shape index (κ3) is 4.63. The van der Waals surface area contributed by atoms with Gasteiger partial charge >= 0.3 is 6.18 Å². The number of rotatable bonds is 6.